The molecule has 3 heterocycles. The summed E-state index contributed by atoms with van der Waals surface area (Å²) in [4.78, 5) is 10.6. The van der Waals surface area contributed by atoms with Crippen LogP contribution < -0.4 is 4.90 Å². The minimum absolute atomic E-state index is 0.155. The summed E-state index contributed by atoms with van der Waals surface area (Å²) in [5, 5.41) is -0.155. The van der Waals surface area contributed by atoms with Crippen LogP contribution in [-0.4, -0.2) is 66.3 Å². The summed E-state index contributed by atoms with van der Waals surface area (Å²) in [6.07, 6.45) is 8.55. The van der Waals surface area contributed by atoms with Crippen LogP contribution in [0.25, 0.3) is 0 Å². The van der Waals surface area contributed by atoms with Gasteiger partial charge in [-0.15, -0.1) is 0 Å². The number of aromatic nitrogens is 2. The van der Waals surface area contributed by atoms with Crippen LogP contribution in [0.5, 0.6) is 0 Å². The summed E-state index contributed by atoms with van der Waals surface area (Å²) >= 11 is 0. The molecule has 1 spiro atoms. The Bertz CT molecular complexity index is 661. The molecule has 0 aromatic carbocycles. The van der Waals surface area contributed by atoms with Gasteiger partial charge >= 0.3 is 0 Å². The second-order valence-electron chi connectivity index (χ2n) is 6.70. The number of nitrogens with zero attached hydrogens (tertiary/aromatic N) is 4. The van der Waals surface area contributed by atoms with Gasteiger partial charge in [0.05, 0.1) is 23.7 Å². The van der Waals surface area contributed by atoms with Crippen LogP contribution in [0, 0.1) is 0 Å². The number of hydrogen-bond donors (Lipinski definition) is 0. The molecule has 8 heteroatoms. The lowest BCUT2D eigenvalue weighted by molar-refractivity contribution is -0.0951. The van der Waals surface area contributed by atoms with Gasteiger partial charge in [0.1, 0.15) is 5.82 Å². The molecule has 1 aromatic rings. The van der Waals surface area contributed by atoms with Crippen molar-refractivity contribution in [3.63, 3.8) is 0 Å². The van der Waals surface area contributed by atoms with Crippen LogP contribution in [0.1, 0.15) is 25.7 Å². The van der Waals surface area contributed by atoms with E-state index in [1.165, 1.54) is 0 Å². The standard InChI is InChI=1S/C15H22N4O3S/c20-23(21,13-2-3-13)19-8-9-22-15(12-19)4-1-7-18(11-15)14-10-16-5-6-17-14/h5-6,10,13H,1-4,7-9,11-12H2/t15-/m1/s1. The summed E-state index contributed by atoms with van der Waals surface area (Å²) < 4.78 is 32.9. The van der Waals surface area contributed by atoms with Gasteiger partial charge in [0.25, 0.3) is 0 Å². The normalized spacial score (nSPS) is 29.8. The molecule has 1 saturated carbocycles. The Morgan fingerprint density at radius 2 is 2.09 bits per heavy atom. The lowest BCUT2D eigenvalue weighted by atomic mass is 9.91. The fraction of sp³-hybridized carbons (Fsp3) is 0.733. The minimum atomic E-state index is -3.14. The third-order valence-electron chi connectivity index (χ3n) is 4.93. The first-order chi connectivity index (χ1) is 11.1. The number of sulfonamides is 1. The van der Waals surface area contributed by atoms with Gasteiger partial charge in [-0.3, -0.25) is 4.98 Å². The highest BCUT2D eigenvalue weighted by Gasteiger charge is 2.47. The Kier molecular flexibility index (Phi) is 3.78. The van der Waals surface area contributed by atoms with Crippen molar-refractivity contribution in [2.75, 3.05) is 37.7 Å². The highest BCUT2D eigenvalue weighted by Crippen LogP contribution is 2.36. The average Bonchev–Trinajstić information content (AvgIpc) is 3.41. The largest absolute Gasteiger partial charge is 0.370 e. The first-order valence-corrected chi connectivity index (χ1v) is 9.73. The Labute approximate surface area is 136 Å². The number of morpholine rings is 1. The third-order valence-corrected chi connectivity index (χ3v) is 7.28. The molecule has 0 radical (unpaired) electrons. The summed E-state index contributed by atoms with van der Waals surface area (Å²) in [6, 6.07) is 0. The Morgan fingerprint density at radius 1 is 1.22 bits per heavy atom. The smallest absolute Gasteiger partial charge is 0.217 e. The molecule has 2 saturated heterocycles. The summed E-state index contributed by atoms with van der Waals surface area (Å²) in [7, 11) is -3.14. The predicted octanol–water partition coefficient (Wildman–Crippen LogP) is 0.640. The van der Waals surface area contributed by atoms with E-state index in [4.69, 9.17) is 4.74 Å². The van der Waals surface area contributed by atoms with Crippen molar-refractivity contribution in [3.05, 3.63) is 18.6 Å². The third kappa shape index (κ3) is 2.95. The lowest BCUT2D eigenvalue weighted by Gasteiger charge is -2.47. The second-order valence-corrected chi connectivity index (χ2v) is 8.91. The van der Waals surface area contributed by atoms with Gasteiger partial charge in [-0.1, -0.05) is 0 Å². The molecule has 0 unspecified atom stereocenters. The molecule has 23 heavy (non-hydrogen) atoms. The zero-order valence-corrected chi connectivity index (χ0v) is 13.9. The topological polar surface area (TPSA) is 75.6 Å². The van der Waals surface area contributed by atoms with Crippen LogP contribution in [0.4, 0.5) is 5.82 Å². The fourth-order valence-corrected chi connectivity index (χ4v) is 5.50. The number of ether oxygens (including phenoxy) is 1. The van der Waals surface area contributed by atoms with E-state index in [0.717, 1.165) is 38.0 Å². The maximum absolute atomic E-state index is 12.6. The predicted molar refractivity (Wildman–Crippen MR) is 85.7 cm³/mol. The van der Waals surface area contributed by atoms with Crippen molar-refractivity contribution in [2.24, 2.45) is 0 Å². The molecule has 0 amide bonds. The van der Waals surface area contributed by atoms with E-state index in [2.05, 4.69) is 14.9 Å². The van der Waals surface area contributed by atoms with Crippen molar-refractivity contribution in [2.45, 2.75) is 36.5 Å². The molecule has 1 aliphatic carbocycles. The molecule has 7 nitrogen and oxygen atoms in total. The maximum atomic E-state index is 12.6. The van der Waals surface area contributed by atoms with Crippen molar-refractivity contribution >= 4 is 15.8 Å². The van der Waals surface area contributed by atoms with Gasteiger partial charge in [-0.05, 0) is 25.7 Å². The molecule has 126 valence electrons. The van der Waals surface area contributed by atoms with E-state index >= 15 is 0 Å². The Morgan fingerprint density at radius 3 is 2.83 bits per heavy atom. The molecule has 0 N–H and O–H groups in total. The minimum Gasteiger partial charge on any atom is -0.370 e. The van der Waals surface area contributed by atoms with Crippen molar-refractivity contribution in [3.8, 4) is 0 Å². The van der Waals surface area contributed by atoms with Gasteiger partial charge in [0.2, 0.25) is 10.0 Å². The highest BCUT2D eigenvalue weighted by molar-refractivity contribution is 7.90. The quantitative estimate of drug-likeness (QED) is 0.805. The second kappa shape index (κ2) is 5.68. The number of hydrogen-bond acceptors (Lipinski definition) is 6. The molecule has 1 aromatic heterocycles. The average molecular weight is 338 g/mol. The fourth-order valence-electron chi connectivity index (χ4n) is 3.60. The zero-order chi connectivity index (χ0) is 15.9. The van der Waals surface area contributed by atoms with Crippen LogP contribution >= 0.6 is 0 Å². The van der Waals surface area contributed by atoms with Gasteiger partial charge in [-0.25, -0.2) is 13.4 Å². The summed E-state index contributed by atoms with van der Waals surface area (Å²) in [5.41, 5.74) is -0.421. The van der Waals surface area contributed by atoms with Crippen LogP contribution in [0.15, 0.2) is 18.6 Å². The van der Waals surface area contributed by atoms with Crippen LogP contribution in [-0.2, 0) is 14.8 Å². The van der Waals surface area contributed by atoms with E-state index in [9.17, 15) is 8.42 Å². The van der Waals surface area contributed by atoms with E-state index in [1.807, 2.05) is 0 Å². The zero-order valence-electron chi connectivity index (χ0n) is 13.1. The molecular weight excluding hydrogens is 316 g/mol. The van der Waals surface area contributed by atoms with Crippen molar-refractivity contribution < 1.29 is 13.2 Å². The van der Waals surface area contributed by atoms with Gasteiger partial charge < -0.3 is 9.64 Å². The Hall–Kier alpha value is -1.25. The monoisotopic (exact) mass is 338 g/mol. The number of rotatable bonds is 3. The van der Waals surface area contributed by atoms with Gasteiger partial charge in [-0.2, -0.15) is 4.31 Å². The SMILES string of the molecule is O=S(=O)(C1CC1)N1CCO[C@@]2(CCCN(c3cnccn3)C2)C1. The maximum Gasteiger partial charge on any atom is 0.217 e. The van der Waals surface area contributed by atoms with Crippen LogP contribution in [0.2, 0.25) is 0 Å². The van der Waals surface area contributed by atoms with Crippen LogP contribution in [0.3, 0.4) is 0 Å². The van der Waals surface area contributed by atoms with Gasteiger partial charge in [0, 0.05) is 38.6 Å². The first kappa shape index (κ1) is 15.3. The molecule has 4 rings (SSSR count). The van der Waals surface area contributed by atoms with Gasteiger partial charge in [0.15, 0.2) is 0 Å². The van der Waals surface area contributed by atoms with E-state index in [-0.39, 0.29) is 5.25 Å². The molecule has 3 aliphatic rings. The first-order valence-electron chi connectivity index (χ1n) is 8.23. The highest BCUT2D eigenvalue weighted by atomic mass is 32.2. The van der Waals surface area contributed by atoms with E-state index in [1.54, 1.807) is 22.9 Å². The Balaban J connectivity index is 1.53. The van der Waals surface area contributed by atoms with E-state index < -0.39 is 15.6 Å². The van der Waals surface area contributed by atoms with Crippen molar-refractivity contribution in [1.29, 1.82) is 0 Å². The summed E-state index contributed by atoms with van der Waals surface area (Å²) in [5.74, 6) is 0.831. The summed E-state index contributed by atoms with van der Waals surface area (Å²) in [6.45, 7) is 2.98. The molecule has 1 atom stereocenters. The lowest BCUT2D eigenvalue weighted by Crippen LogP contribution is -2.61. The molecule has 0 bridgehead atoms. The van der Waals surface area contributed by atoms with Crippen molar-refractivity contribution in [1.82, 2.24) is 14.3 Å². The molecular formula is C15H22N4O3S. The molecule has 3 fully saturated rings. The number of anilines is 1. The number of piperidine rings is 1. The molecule has 2 aliphatic heterocycles. The van der Waals surface area contributed by atoms with E-state index in [0.29, 0.717) is 26.2 Å².